The van der Waals surface area contributed by atoms with E-state index in [1.807, 2.05) is 6.07 Å². The predicted octanol–water partition coefficient (Wildman–Crippen LogP) is 5.23. The lowest BCUT2D eigenvalue weighted by Crippen LogP contribution is -2.25. The van der Waals surface area contributed by atoms with Crippen LogP contribution in [0.15, 0.2) is 53.0 Å². The van der Waals surface area contributed by atoms with E-state index in [0.717, 1.165) is 22.4 Å². The molecule has 0 aliphatic carbocycles. The molecule has 2 aromatic carbocycles. The Morgan fingerprint density at radius 1 is 1.04 bits per heavy atom. The Labute approximate surface area is 145 Å². The van der Waals surface area contributed by atoms with Gasteiger partial charge in [0.25, 0.3) is 0 Å². The summed E-state index contributed by atoms with van der Waals surface area (Å²) in [4.78, 5) is 4.84. The normalized spacial score (nSPS) is 14.1. The Morgan fingerprint density at radius 2 is 1.74 bits per heavy atom. The number of imidazole rings is 1. The number of hydrogen-bond donors (Lipinski definition) is 1. The predicted molar refractivity (Wildman–Crippen MR) is 99.5 cm³/mol. The highest BCUT2D eigenvalue weighted by atomic mass is 79.9. The summed E-state index contributed by atoms with van der Waals surface area (Å²) in [6.45, 7) is 7.47. The molecule has 0 spiro atoms. The van der Waals surface area contributed by atoms with Crippen molar-refractivity contribution < 1.29 is 0 Å². The van der Waals surface area contributed by atoms with E-state index in [2.05, 4.69) is 89.0 Å². The summed E-state index contributed by atoms with van der Waals surface area (Å²) in [5.41, 5.74) is 3.54. The van der Waals surface area contributed by atoms with Crippen LogP contribution in [0.1, 0.15) is 44.2 Å². The van der Waals surface area contributed by atoms with Crippen molar-refractivity contribution >= 4 is 27.0 Å². The van der Waals surface area contributed by atoms with Gasteiger partial charge < -0.3 is 9.88 Å². The van der Waals surface area contributed by atoms with Crippen LogP contribution in [0.4, 0.5) is 0 Å². The second-order valence-electron chi connectivity index (χ2n) is 5.86. The Hall–Kier alpha value is -1.65. The molecule has 0 saturated heterocycles. The van der Waals surface area contributed by atoms with E-state index in [1.165, 1.54) is 11.1 Å². The number of rotatable bonds is 5. The van der Waals surface area contributed by atoms with Crippen molar-refractivity contribution in [3.63, 3.8) is 0 Å². The standard InChI is InChI=1S/C19H22BrN3/c1-4-23-18-8-6-5-7-17(18)22-19(23)14(3)21-13(2)15-9-11-16(20)12-10-15/h5-14,21H,4H2,1-3H3. The maximum absolute atomic E-state index is 4.84. The van der Waals surface area contributed by atoms with Crippen molar-refractivity contribution in [1.82, 2.24) is 14.9 Å². The van der Waals surface area contributed by atoms with Gasteiger partial charge in [-0.05, 0) is 50.6 Å². The van der Waals surface area contributed by atoms with Crippen LogP contribution in [0.25, 0.3) is 11.0 Å². The van der Waals surface area contributed by atoms with Crippen molar-refractivity contribution in [2.45, 2.75) is 39.4 Å². The van der Waals surface area contributed by atoms with Crippen LogP contribution in [-0.4, -0.2) is 9.55 Å². The van der Waals surface area contributed by atoms with Gasteiger partial charge in [0.1, 0.15) is 5.82 Å². The number of hydrogen-bond acceptors (Lipinski definition) is 2. The minimum atomic E-state index is 0.181. The molecule has 0 fully saturated rings. The molecule has 3 rings (SSSR count). The summed E-state index contributed by atoms with van der Waals surface area (Å²) in [5.74, 6) is 1.10. The first-order valence-corrected chi connectivity index (χ1v) is 8.86. The molecule has 0 saturated carbocycles. The summed E-state index contributed by atoms with van der Waals surface area (Å²) in [6.07, 6.45) is 0. The minimum absolute atomic E-state index is 0.181. The zero-order valence-electron chi connectivity index (χ0n) is 13.8. The Balaban J connectivity index is 1.85. The van der Waals surface area contributed by atoms with Crippen LogP contribution in [0, 0.1) is 0 Å². The molecule has 0 radical (unpaired) electrons. The first kappa shape index (κ1) is 16.2. The number of nitrogens with zero attached hydrogens (tertiary/aromatic N) is 2. The third kappa shape index (κ3) is 3.33. The number of benzene rings is 2. The van der Waals surface area contributed by atoms with E-state index in [1.54, 1.807) is 0 Å². The minimum Gasteiger partial charge on any atom is -0.327 e. The first-order valence-electron chi connectivity index (χ1n) is 8.06. The van der Waals surface area contributed by atoms with Crippen LogP contribution >= 0.6 is 15.9 Å². The van der Waals surface area contributed by atoms with Gasteiger partial charge >= 0.3 is 0 Å². The molecule has 120 valence electrons. The highest BCUT2D eigenvalue weighted by Gasteiger charge is 2.17. The smallest absolute Gasteiger partial charge is 0.126 e. The van der Waals surface area contributed by atoms with Gasteiger partial charge in [0.05, 0.1) is 17.1 Å². The van der Waals surface area contributed by atoms with E-state index in [9.17, 15) is 0 Å². The number of aromatic nitrogens is 2. The average molecular weight is 372 g/mol. The molecule has 3 nitrogen and oxygen atoms in total. The van der Waals surface area contributed by atoms with Crippen molar-refractivity contribution in [1.29, 1.82) is 0 Å². The number of para-hydroxylation sites is 2. The zero-order chi connectivity index (χ0) is 16.4. The second kappa shape index (κ2) is 6.85. The molecule has 0 aliphatic heterocycles. The van der Waals surface area contributed by atoms with Gasteiger partial charge in [-0.2, -0.15) is 0 Å². The zero-order valence-corrected chi connectivity index (χ0v) is 15.3. The van der Waals surface area contributed by atoms with Crippen molar-refractivity contribution in [2.24, 2.45) is 0 Å². The lowest BCUT2D eigenvalue weighted by atomic mass is 10.1. The maximum atomic E-state index is 4.84. The Bertz CT molecular complexity index is 792. The summed E-state index contributed by atoms with van der Waals surface area (Å²) in [6, 6.07) is 17.2. The second-order valence-corrected chi connectivity index (χ2v) is 6.78. The molecule has 2 unspecified atom stereocenters. The van der Waals surface area contributed by atoms with Crippen LogP contribution in [0.3, 0.4) is 0 Å². The molecule has 1 heterocycles. The molecule has 3 aromatic rings. The topological polar surface area (TPSA) is 29.9 Å². The van der Waals surface area contributed by atoms with E-state index in [4.69, 9.17) is 4.98 Å². The quantitative estimate of drug-likeness (QED) is 0.665. The fourth-order valence-corrected chi connectivity index (χ4v) is 3.32. The number of fused-ring (bicyclic) bond motifs is 1. The summed E-state index contributed by atoms with van der Waals surface area (Å²) in [5, 5.41) is 3.67. The fraction of sp³-hybridized carbons (Fsp3) is 0.316. The van der Waals surface area contributed by atoms with Crippen molar-refractivity contribution in [3.8, 4) is 0 Å². The third-order valence-electron chi connectivity index (χ3n) is 4.26. The molecule has 1 aromatic heterocycles. The summed E-state index contributed by atoms with van der Waals surface area (Å²) >= 11 is 3.49. The fourth-order valence-electron chi connectivity index (χ4n) is 3.05. The molecule has 1 N–H and O–H groups in total. The molecular weight excluding hydrogens is 350 g/mol. The van der Waals surface area contributed by atoms with E-state index >= 15 is 0 Å². The first-order chi connectivity index (χ1) is 11.1. The number of aryl methyl sites for hydroxylation is 1. The van der Waals surface area contributed by atoms with Crippen LogP contribution in [0.5, 0.6) is 0 Å². The van der Waals surface area contributed by atoms with Gasteiger partial charge in [-0.25, -0.2) is 4.98 Å². The molecule has 2 atom stereocenters. The van der Waals surface area contributed by atoms with E-state index in [0.29, 0.717) is 0 Å². The lowest BCUT2D eigenvalue weighted by Gasteiger charge is -2.21. The molecular formula is C19H22BrN3. The third-order valence-corrected chi connectivity index (χ3v) is 4.79. The van der Waals surface area contributed by atoms with Gasteiger partial charge in [-0.15, -0.1) is 0 Å². The van der Waals surface area contributed by atoms with Gasteiger partial charge in [0.2, 0.25) is 0 Å². The highest BCUT2D eigenvalue weighted by molar-refractivity contribution is 9.10. The van der Waals surface area contributed by atoms with Gasteiger partial charge in [-0.3, -0.25) is 0 Å². The van der Waals surface area contributed by atoms with Crippen LogP contribution in [0.2, 0.25) is 0 Å². The molecule has 0 bridgehead atoms. The largest absolute Gasteiger partial charge is 0.327 e. The highest BCUT2D eigenvalue weighted by Crippen LogP contribution is 2.24. The number of nitrogens with one attached hydrogen (secondary N) is 1. The van der Waals surface area contributed by atoms with Gasteiger partial charge in [0, 0.05) is 17.1 Å². The van der Waals surface area contributed by atoms with Gasteiger partial charge in [-0.1, -0.05) is 40.2 Å². The monoisotopic (exact) mass is 371 g/mol. The van der Waals surface area contributed by atoms with Crippen molar-refractivity contribution in [2.75, 3.05) is 0 Å². The molecule has 0 aliphatic rings. The van der Waals surface area contributed by atoms with E-state index in [-0.39, 0.29) is 12.1 Å². The van der Waals surface area contributed by atoms with Crippen molar-refractivity contribution in [3.05, 3.63) is 64.4 Å². The van der Waals surface area contributed by atoms with Crippen LogP contribution in [-0.2, 0) is 6.54 Å². The summed E-state index contributed by atoms with van der Waals surface area (Å²) in [7, 11) is 0. The molecule has 4 heteroatoms. The van der Waals surface area contributed by atoms with Gasteiger partial charge in [0.15, 0.2) is 0 Å². The van der Waals surface area contributed by atoms with Crippen LogP contribution < -0.4 is 5.32 Å². The molecule has 23 heavy (non-hydrogen) atoms. The Kier molecular flexibility index (Phi) is 4.83. The molecule has 0 amide bonds. The number of halogens is 1. The average Bonchev–Trinajstić information content (AvgIpc) is 2.94. The lowest BCUT2D eigenvalue weighted by molar-refractivity contribution is 0.463. The maximum Gasteiger partial charge on any atom is 0.126 e. The SMILES string of the molecule is CCn1c(C(C)NC(C)c2ccc(Br)cc2)nc2ccccc21. The van der Waals surface area contributed by atoms with E-state index < -0.39 is 0 Å². The summed E-state index contributed by atoms with van der Waals surface area (Å²) < 4.78 is 3.40. The Morgan fingerprint density at radius 3 is 2.43 bits per heavy atom.